The van der Waals surface area contributed by atoms with Crippen molar-refractivity contribution in [2.75, 3.05) is 24.1 Å². The van der Waals surface area contributed by atoms with Gasteiger partial charge in [-0.3, -0.25) is 4.79 Å². The summed E-state index contributed by atoms with van der Waals surface area (Å²) in [6, 6.07) is 4.56. The third kappa shape index (κ3) is 3.46. The maximum Gasteiger partial charge on any atom is 0.216 e. The smallest absolute Gasteiger partial charge is 0.216 e. The molecule has 0 fully saturated rings. The molecule has 1 amide bonds. The van der Waals surface area contributed by atoms with E-state index in [0.717, 1.165) is 0 Å². The number of carbonyl (C=O) groups is 1. The molecule has 0 aromatic heterocycles. The quantitative estimate of drug-likeness (QED) is 0.513. The number of hydrogen-bond acceptors (Lipinski definition) is 3. The van der Waals surface area contributed by atoms with Gasteiger partial charge in [0.25, 0.3) is 0 Å². The second kappa shape index (κ2) is 5.19. The molecule has 0 heterocycles. The van der Waals surface area contributed by atoms with Gasteiger partial charge >= 0.3 is 0 Å². The molecule has 1 aromatic rings. The van der Waals surface area contributed by atoms with E-state index in [-0.39, 0.29) is 11.6 Å². The predicted molar refractivity (Wildman–Crippen MR) is 58.0 cm³/mol. The average Bonchev–Trinajstić information content (AvgIpc) is 2.18. The van der Waals surface area contributed by atoms with Crippen molar-refractivity contribution in [3.63, 3.8) is 0 Å². The molecule has 4 nitrogen and oxygen atoms in total. The van der Waals surface area contributed by atoms with Gasteiger partial charge in [-0.2, -0.15) is 0 Å². The van der Waals surface area contributed by atoms with Crippen LogP contribution in [0, 0.1) is 5.82 Å². The van der Waals surface area contributed by atoms with Gasteiger partial charge in [0.1, 0.15) is 5.82 Å². The Labute approximate surface area is 87.7 Å². The summed E-state index contributed by atoms with van der Waals surface area (Å²) in [6.07, 6.45) is 0. The summed E-state index contributed by atoms with van der Waals surface area (Å²) in [7, 11) is 0. The minimum Gasteiger partial charge on any atom is -0.395 e. The van der Waals surface area contributed by atoms with Crippen molar-refractivity contribution in [1.29, 1.82) is 0 Å². The van der Waals surface area contributed by atoms with Crippen LogP contribution in [0.4, 0.5) is 15.8 Å². The summed E-state index contributed by atoms with van der Waals surface area (Å²) in [5.74, 6) is -0.538. The number of nitrogens with one attached hydrogen (secondary N) is 2. The van der Waals surface area contributed by atoms with Crippen LogP contribution in [0.25, 0.3) is 0 Å². The number of rotatable bonds is 4. The van der Waals surface area contributed by atoms with E-state index in [1.54, 1.807) is 12.1 Å². The standard InChI is InChI=1S/C10H14FN3O/c1-7(15)13-5-6-14-9-4-2-3-8(11)10(9)12/h2-4,14H,5-6,12H2,1H3,(H,13,15). The van der Waals surface area contributed by atoms with Crippen molar-refractivity contribution in [3.05, 3.63) is 24.0 Å². The van der Waals surface area contributed by atoms with Crippen LogP contribution >= 0.6 is 0 Å². The molecule has 4 N–H and O–H groups in total. The van der Waals surface area contributed by atoms with Crippen LogP contribution in [0.15, 0.2) is 18.2 Å². The third-order valence-electron chi connectivity index (χ3n) is 1.87. The Balaban J connectivity index is 2.44. The summed E-state index contributed by atoms with van der Waals surface area (Å²) in [5, 5.41) is 5.54. The molecule has 0 bridgehead atoms. The molecular weight excluding hydrogens is 197 g/mol. The van der Waals surface area contributed by atoms with E-state index in [9.17, 15) is 9.18 Å². The van der Waals surface area contributed by atoms with Gasteiger partial charge in [-0.1, -0.05) is 6.07 Å². The first-order valence-electron chi connectivity index (χ1n) is 4.63. The van der Waals surface area contributed by atoms with Gasteiger partial charge in [-0.05, 0) is 12.1 Å². The average molecular weight is 211 g/mol. The van der Waals surface area contributed by atoms with Gasteiger partial charge < -0.3 is 16.4 Å². The fourth-order valence-corrected chi connectivity index (χ4v) is 1.13. The van der Waals surface area contributed by atoms with Crippen LogP contribution in [0.1, 0.15) is 6.92 Å². The van der Waals surface area contributed by atoms with Gasteiger partial charge in [-0.25, -0.2) is 4.39 Å². The molecule has 0 saturated heterocycles. The maximum absolute atomic E-state index is 13.0. The summed E-state index contributed by atoms with van der Waals surface area (Å²) < 4.78 is 13.0. The van der Waals surface area contributed by atoms with Crippen molar-refractivity contribution in [3.8, 4) is 0 Å². The summed E-state index contributed by atoms with van der Waals surface area (Å²) in [6.45, 7) is 2.43. The molecule has 0 unspecified atom stereocenters. The molecule has 0 aliphatic heterocycles. The number of carbonyl (C=O) groups excluding carboxylic acids is 1. The van der Waals surface area contributed by atoms with Crippen molar-refractivity contribution >= 4 is 17.3 Å². The summed E-state index contributed by atoms with van der Waals surface area (Å²) in [4.78, 5) is 10.6. The zero-order chi connectivity index (χ0) is 11.3. The zero-order valence-electron chi connectivity index (χ0n) is 8.51. The van der Waals surface area contributed by atoms with Crippen molar-refractivity contribution in [2.45, 2.75) is 6.92 Å². The number of hydrogen-bond donors (Lipinski definition) is 3. The number of nitrogens with two attached hydrogens (primary N) is 1. The zero-order valence-corrected chi connectivity index (χ0v) is 8.51. The summed E-state index contributed by atoms with van der Waals surface area (Å²) >= 11 is 0. The molecule has 0 aliphatic carbocycles. The van der Waals surface area contributed by atoms with E-state index in [2.05, 4.69) is 10.6 Å². The molecule has 1 rings (SSSR count). The number of benzene rings is 1. The number of amides is 1. The van der Waals surface area contributed by atoms with E-state index in [0.29, 0.717) is 18.8 Å². The molecule has 0 spiro atoms. The number of anilines is 2. The SMILES string of the molecule is CC(=O)NCCNc1cccc(F)c1N. The van der Waals surface area contributed by atoms with Crippen LogP contribution < -0.4 is 16.4 Å². The Morgan fingerprint density at radius 2 is 2.20 bits per heavy atom. The Morgan fingerprint density at radius 3 is 2.87 bits per heavy atom. The predicted octanol–water partition coefficient (Wildman–Crippen LogP) is 0.956. The lowest BCUT2D eigenvalue weighted by molar-refractivity contribution is -0.118. The largest absolute Gasteiger partial charge is 0.395 e. The Morgan fingerprint density at radius 1 is 1.47 bits per heavy atom. The molecular formula is C10H14FN3O. The van der Waals surface area contributed by atoms with Gasteiger partial charge in [-0.15, -0.1) is 0 Å². The second-order valence-corrected chi connectivity index (χ2v) is 3.11. The highest BCUT2D eigenvalue weighted by Crippen LogP contribution is 2.20. The first-order valence-corrected chi connectivity index (χ1v) is 4.63. The molecule has 0 aliphatic rings. The van der Waals surface area contributed by atoms with Crippen LogP contribution in [0.2, 0.25) is 0 Å². The van der Waals surface area contributed by atoms with E-state index in [1.165, 1.54) is 13.0 Å². The highest BCUT2D eigenvalue weighted by atomic mass is 19.1. The number of halogens is 1. The third-order valence-corrected chi connectivity index (χ3v) is 1.87. The maximum atomic E-state index is 13.0. The number of nitrogen functional groups attached to an aromatic ring is 1. The first kappa shape index (κ1) is 11.3. The van der Waals surface area contributed by atoms with Gasteiger partial charge in [0.15, 0.2) is 0 Å². The fourth-order valence-electron chi connectivity index (χ4n) is 1.13. The normalized spacial score (nSPS) is 9.73. The Kier molecular flexibility index (Phi) is 3.91. The number of para-hydroxylation sites is 1. The molecule has 82 valence electrons. The van der Waals surface area contributed by atoms with Crippen molar-refractivity contribution in [1.82, 2.24) is 5.32 Å². The van der Waals surface area contributed by atoms with Crippen LogP contribution in [0.5, 0.6) is 0 Å². The highest BCUT2D eigenvalue weighted by molar-refractivity contribution is 5.73. The van der Waals surface area contributed by atoms with Crippen molar-refractivity contribution < 1.29 is 9.18 Å². The summed E-state index contributed by atoms with van der Waals surface area (Å²) in [5.41, 5.74) is 6.14. The molecule has 0 atom stereocenters. The van der Waals surface area contributed by atoms with E-state index >= 15 is 0 Å². The second-order valence-electron chi connectivity index (χ2n) is 3.11. The lowest BCUT2D eigenvalue weighted by Gasteiger charge is -2.09. The van der Waals surface area contributed by atoms with E-state index in [4.69, 9.17) is 5.73 Å². The fraction of sp³-hybridized carbons (Fsp3) is 0.300. The molecule has 1 aromatic carbocycles. The van der Waals surface area contributed by atoms with E-state index < -0.39 is 5.82 Å². The molecule has 0 radical (unpaired) electrons. The molecule has 5 heteroatoms. The molecule has 0 saturated carbocycles. The van der Waals surface area contributed by atoms with Crippen LogP contribution in [-0.4, -0.2) is 19.0 Å². The van der Waals surface area contributed by atoms with Crippen LogP contribution in [0.3, 0.4) is 0 Å². The Bertz CT molecular complexity index is 355. The van der Waals surface area contributed by atoms with Crippen LogP contribution in [-0.2, 0) is 4.79 Å². The topological polar surface area (TPSA) is 67.2 Å². The minimum absolute atomic E-state index is 0.0935. The lowest BCUT2D eigenvalue weighted by atomic mass is 10.2. The minimum atomic E-state index is -0.445. The lowest BCUT2D eigenvalue weighted by Crippen LogP contribution is -2.26. The highest BCUT2D eigenvalue weighted by Gasteiger charge is 2.02. The monoisotopic (exact) mass is 211 g/mol. The van der Waals surface area contributed by atoms with Crippen molar-refractivity contribution in [2.24, 2.45) is 0 Å². The van der Waals surface area contributed by atoms with Gasteiger partial charge in [0.2, 0.25) is 5.91 Å². The molecule has 15 heavy (non-hydrogen) atoms. The van der Waals surface area contributed by atoms with Gasteiger partial charge in [0.05, 0.1) is 11.4 Å². The van der Waals surface area contributed by atoms with Gasteiger partial charge in [0, 0.05) is 20.0 Å². The van der Waals surface area contributed by atoms with E-state index in [1.807, 2.05) is 0 Å². The first-order chi connectivity index (χ1) is 7.11. The Hall–Kier alpha value is -1.78.